The maximum absolute atomic E-state index is 12.4. The highest BCUT2D eigenvalue weighted by molar-refractivity contribution is 14.1. The van der Waals surface area contributed by atoms with Crippen molar-refractivity contribution in [1.29, 1.82) is 0 Å². The predicted octanol–water partition coefficient (Wildman–Crippen LogP) is 3.41. The number of methoxy groups -OCH3 is 2. The molecular weight excluding hydrogens is 565 g/mol. The van der Waals surface area contributed by atoms with Crippen molar-refractivity contribution in [3.8, 4) is 17.2 Å². The number of hydrogen-bond donors (Lipinski definition) is 2. The number of nitrogens with one attached hydrogen (secondary N) is 2. The van der Waals surface area contributed by atoms with Gasteiger partial charge in [0.25, 0.3) is 11.8 Å². The van der Waals surface area contributed by atoms with Gasteiger partial charge in [0.15, 0.2) is 11.5 Å². The number of halogens is 1. The Kier molecular flexibility index (Phi) is 9.18. The average molecular weight is 587 g/mol. The minimum Gasteiger partial charge on any atom is -0.497 e. The van der Waals surface area contributed by atoms with Gasteiger partial charge in [-0.05, 0) is 82.8 Å². The van der Waals surface area contributed by atoms with Crippen LogP contribution in [-0.2, 0) is 4.79 Å². The molecule has 3 aromatic carbocycles. The molecular formula is C25H22IN3O6. The van der Waals surface area contributed by atoms with E-state index < -0.39 is 11.9 Å². The molecule has 10 heteroatoms. The first-order valence-corrected chi connectivity index (χ1v) is 11.4. The molecule has 0 radical (unpaired) electrons. The summed E-state index contributed by atoms with van der Waals surface area (Å²) in [5.74, 6) is -0.217. The first-order chi connectivity index (χ1) is 16.9. The van der Waals surface area contributed by atoms with E-state index in [-0.39, 0.29) is 18.2 Å². The average Bonchev–Trinajstić information content (AvgIpc) is 2.88. The Labute approximate surface area is 215 Å². The van der Waals surface area contributed by atoms with Crippen molar-refractivity contribution in [3.05, 3.63) is 87.0 Å². The lowest BCUT2D eigenvalue weighted by Gasteiger charge is -2.10. The molecule has 0 aliphatic heterocycles. The van der Waals surface area contributed by atoms with Gasteiger partial charge >= 0.3 is 5.97 Å². The van der Waals surface area contributed by atoms with Crippen LogP contribution in [0.1, 0.15) is 26.3 Å². The fourth-order valence-corrected chi connectivity index (χ4v) is 3.49. The van der Waals surface area contributed by atoms with Gasteiger partial charge in [-0.3, -0.25) is 9.59 Å². The van der Waals surface area contributed by atoms with Gasteiger partial charge in [-0.25, -0.2) is 10.2 Å². The first-order valence-electron chi connectivity index (χ1n) is 10.3. The molecule has 0 saturated heterocycles. The number of esters is 1. The standard InChI is InChI=1S/C25H22IN3O6/c1-33-18-10-8-17(9-11-18)25(32)35-21-12-7-16(13-22(21)34-2)14-28-29-23(30)15-27-24(31)19-5-3-4-6-20(19)26/h3-14H,15H2,1-2H3,(H,27,31)(H,29,30)/b28-14-. The molecule has 0 heterocycles. The van der Waals surface area contributed by atoms with Gasteiger partial charge < -0.3 is 19.5 Å². The molecule has 0 bridgehead atoms. The van der Waals surface area contributed by atoms with Crippen LogP contribution >= 0.6 is 22.6 Å². The monoisotopic (exact) mass is 587 g/mol. The third-order valence-electron chi connectivity index (χ3n) is 4.65. The third kappa shape index (κ3) is 7.27. The van der Waals surface area contributed by atoms with Crippen molar-refractivity contribution in [1.82, 2.24) is 10.7 Å². The van der Waals surface area contributed by atoms with Gasteiger partial charge in [-0.1, -0.05) is 12.1 Å². The summed E-state index contributed by atoms with van der Waals surface area (Å²) in [7, 11) is 2.98. The fraction of sp³-hybridized carbons (Fsp3) is 0.120. The first kappa shape index (κ1) is 25.7. The summed E-state index contributed by atoms with van der Waals surface area (Å²) in [6.07, 6.45) is 1.40. The summed E-state index contributed by atoms with van der Waals surface area (Å²) in [5.41, 5.74) is 3.78. The van der Waals surface area contributed by atoms with Crippen molar-refractivity contribution in [2.45, 2.75) is 0 Å². The van der Waals surface area contributed by atoms with Gasteiger partial charge in [0.2, 0.25) is 0 Å². The van der Waals surface area contributed by atoms with Crippen LogP contribution in [0.2, 0.25) is 0 Å². The predicted molar refractivity (Wildman–Crippen MR) is 138 cm³/mol. The van der Waals surface area contributed by atoms with Crippen molar-refractivity contribution in [2.24, 2.45) is 5.10 Å². The molecule has 3 aromatic rings. The number of rotatable bonds is 9. The van der Waals surface area contributed by atoms with Crippen LogP contribution in [-0.4, -0.2) is 44.8 Å². The Morgan fingerprint density at radius 3 is 2.37 bits per heavy atom. The van der Waals surface area contributed by atoms with Crippen molar-refractivity contribution >= 4 is 46.6 Å². The van der Waals surface area contributed by atoms with Crippen molar-refractivity contribution in [2.75, 3.05) is 20.8 Å². The van der Waals surface area contributed by atoms with Gasteiger partial charge in [0, 0.05) is 3.57 Å². The molecule has 0 unspecified atom stereocenters. The molecule has 2 amide bonds. The van der Waals surface area contributed by atoms with Gasteiger partial charge in [-0.2, -0.15) is 5.10 Å². The molecule has 0 aliphatic carbocycles. The van der Waals surface area contributed by atoms with Crippen LogP contribution < -0.4 is 25.0 Å². The third-order valence-corrected chi connectivity index (χ3v) is 5.59. The zero-order valence-corrected chi connectivity index (χ0v) is 21.1. The van der Waals surface area contributed by atoms with Crippen LogP contribution in [0, 0.1) is 3.57 Å². The maximum Gasteiger partial charge on any atom is 0.343 e. The second kappa shape index (κ2) is 12.5. The Morgan fingerprint density at radius 2 is 1.69 bits per heavy atom. The van der Waals surface area contributed by atoms with E-state index in [0.29, 0.717) is 28.2 Å². The molecule has 9 nitrogen and oxygen atoms in total. The lowest BCUT2D eigenvalue weighted by molar-refractivity contribution is -0.120. The van der Waals surface area contributed by atoms with Gasteiger partial charge in [-0.15, -0.1) is 0 Å². The number of hydrogen-bond acceptors (Lipinski definition) is 7. The minimum absolute atomic E-state index is 0.229. The Morgan fingerprint density at radius 1 is 0.943 bits per heavy atom. The Hall–Kier alpha value is -3.93. The van der Waals surface area contributed by atoms with E-state index in [1.54, 1.807) is 67.8 Å². The minimum atomic E-state index is -0.549. The summed E-state index contributed by atoms with van der Waals surface area (Å²) in [6.45, 7) is -0.231. The lowest BCUT2D eigenvalue weighted by atomic mass is 10.2. The topological polar surface area (TPSA) is 115 Å². The number of nitrogens with zero attached hydrogens (tertiary/aromatic N) is 1. The number of benzene rings is 3. The number of ether oxygens (including phenoxy) is 3. The second-order valence-electron chi connectivity index (χ2n) is 6.98. The van der Waals surface area contributed by atoms with Crippen molar-refractivity contribution in [3.63, 3.8) is 0 Å². The van der Waals surface area contributed by atoms with Crippen LogP contribution in [0.4, 0.5) is 0 Å². The normalized spacial score (nSPS) is 10.5. The van der Waals surface area contributed by atoms with E-state index >= 15 is 0 Å². The zero-order valence-electron chi connectivity index (χ0n) is 18.9. The van der Waals surface area contributed by atoms with Crippen LogP contribution in [0.15, 0.2) is 71.8 Å². The smallest absolute Gasteiger partial charge is 0.343 e. The van der Waals surface area contributed by atoms with Crippen LogP contribution in [0.25, 0.3) is 0 Å². The second-order valence-corrected chi connectivity index (χ2v) is 8.15. The summed E-state index contributed by atoms with van der Waals surface area (Å²) < 4.78 is 16.6. The highest BCUT2D eigenvalue weighted by Gasteiger charge is 2.13. The van der Waals surface area contributed by atoms with E-state index in [0.717, 1.165) is 3.57 Å². The van der Waals surface area contributed by atoms with E-state index in [9.17, 15) is 14.4 Å². The quantitative estimate of drug-likeness (QED) is 0.130. The van der Waals surface area contributed by atoms with Gasteiger partial charge in [0.1, 0.15) is 5.75 Å². The van der Waals surface area contributed by atoms with E-state index in [1.807, 2.05) is 6.07 Å². The number of carbonyl (C=O) groups is 3. The zero-order chi connectivity index (χ0) is 25.2. The Balaban J connectivity index is 1.54. The SMILES string of the molecule is COc1ccc(C(=O)Oc2ccc(/C=N\NC(=O)CNC(=O)c3ccccc3I)cc2OC)cc1. The summed E-state index contributed by atoms with van der Waals surface area (Å²) in [5, 5.41) is 6.43. The number of amides is 2. The molecule has 3 rings (SSSR count). The molecule has 35 heavy (non-hydrogen) atoms. The van der Waals surface area contributed by atoms with Crippen molar-refractivity contribution < 1.29 is 28.6 Å². The van der Waals surface area contributed by atoms with E-state index in [4.69, 9.17) is 14.2 Å². The number of carbonyl (C=O) groups excluding carboxylic acids is 3. The molecule has 0 atom stereocenters. The summed E-state index contributed by atoms with van der Waals surface area (Å²) >= 11 is 2.05. The number of hydrazone groups is 1. The Bertz CT molecular complexity index is 1240. The van der Waals surface area contributed by atoms with Crippen LogP contribution in [0.3, 0.4) is 0 Å². The molecule has 180 valence electrons. The summed E-state index contributed by atoms with van der Waals surface area (Å²) in [4.78, 5) is 36.6. The molecule has 0 aliphatic rings. The molecule has 0 saturated carbocycles. The van der Waals surface area contributed by atoms with Crippen LogP contribution in [0.5, 0.6) is 17.2 Å². The molecule has 0 spiro atoms. The van der Waals surface area contributed by atoms with E-state index in [2.05, 4.69) is 38.4 Å². The molecule has 0 fully saturated rings. The van der Waals surface area contributed by atoms with E-state index in [1.165, 1.54) is 13.3 Å². The highest BCUT2D eigenvalue weighted by atomic mass is 127. The maximum atomic E-state index is 12.4. The molecule has 2 N–H and O–H groups in total. The van der Waals surface area contributed by atoms with Gasteiger partial charge in [0.05, 0.1) is 38.1 Å². The summed E-state index contributed by atoms with van der Waals surface area (Å²) in [6, 6.07) is 18.4. The highest BCUT2D eigenvalue weighted by Crippen LogP contribution is 2.28. The lowest BCUT2D eigenvalue weighted by Crippen LogP contribution is -2.35. The fourth-order valence-electron chi connectivity index (χ4n) is 2.85. The molecule has 0 aromatic heterocycles. The largest absolute Gasteiger partial charge is 0.497 e.